The van der Waals surface area contributed by atoms with E-state index in [4.69, 9.17) is 25.7 Å². The van der Waals surface area contributed by atoms with Crippen molar-refractivity contribution < 1.29 is 69.9 Å². The molecule has 102 heavy (non-hydrogen) atoms. The van der Waals surface area contributed by atoms with Gasteiger partial charge in [-0.2, -0.15) is 0 Å². The molecule has 4 aromatic carbocycles. The van der Waals surface area contributed by atoms with Crippen LogP contribution in [0.15, 0.2) is 135 Å². The van der Waals surface area contributed by atoms with Gasteiger partial charge in [-0.25, -0.2) is 40.7 Å². The van der Waals surface area contributed by atoms with Gasteiger partial charge in [-0.3, -0.25) is 40.7 Å². The molecule has 0 bridgehead atoms. The lowest BCUT2D eigenvalue weighted by Gasteiger charge is -2.33. The molecule has 4 aliphatic rings. The molecule has 9 N–H and O–H groups in total. The third kappa shape index (κ3) is 24.6. The molecule has 0 aliphatic carbocycles. The number of nitrogen functional groups attached to an aromatic ring is 1. The quantitative estimate of drug-likeness (QED) is 0.0284. The second kappa shape index (κ2) is 34.9. The number of amides is 3. The fraction of sp³-hybridized carbons (Fsp3) is 0.459. The summed E-state index contributed by atoms with van der Waals surface area (Å²) in [6, 6.07) is 18.8. The number of ether oxygens (including phenoxy) is 3. The first kappa shape index (κ1) is 85.1. The Balaban J connectivity index is 0.000000246. The van der Waals surface area contributed by atoms with Gasteiger partial charge in [0.05, 0.1) is 35.4 Å². The van der Waals surface area contributed by atoms with Crippen LogP contribution in [0.25, 0.3) is 0 Å². The van der Waals surface area contributed by atoms with E-state index >= 15 is 0 Å². The number of allylic oxidation sites excluding steroid dienone is 2. The lowest BCUT2D eigenvalue weighted by atomic mass is 9.87. The highest BCUT2D eigenvalue weighted by Crippen LogP contribution is 2.48. The number of amidine groups is 4. The topological polar surface area (TPSA) is 274 Å². The van der Waals surface area contributed by atoms with Crippen molar-refractivity contribution in [2.75, 3.05) is 18.9 Å². The molecule has 4 aliphatic heterocycles. The van der Waals surface area contributed by atoms with Crippen molar-refractivity contribution in [1.29, 1.82) is 0 Å². The molecule has 556 valence electrons. The minimum atomic E-state index is -2.66. The number of thioether (sulfide) groups is 4. The molecular weight excluding hydrogens is 1400 g/mol. The number of aliphatic hydroxyl groups excluding tert-OH is 2. The van der Waals surface area contributed by atoms with Gasteiger partial charge in [0.1, 0.15) is 46.4 Å². The number of anilines is 1. The number of rotatable bonds is 8. The summed E-state index contributed by atoms with van der Waals surface area (Å²) in [4.78, 5) is 68.7. The Morgan fingerprint density at radius 3 is 1.13 bits per heavy atom. The molecule has 3 amide bonds. The van der Waals surface area contributed by atoms with Gasteiger partial charge in [0.15, 0.2) is 20.7 Å². The summed E-state index contributed by atoms with van der Waals surface area (Å²) in [5.41, 5.74) is 12.5. The molecule has 0 spiro atoms. The zero-order valence-electron chi connectivity index (χ0n) is 61.4. The van der Waals surface area contributed by atoms with Crippen molar-refractivity contribution in [2.24, 2.45) is 25.7 Å². The summed E-state index contributed by atoms with van der Waals surface area (Å²) in [5.74, 6) is -1.56. The molecule has 0 fully saturated rings. The van der Waals surface area contributed by atoms with Crippen LogP contribution in [0.2, 0.25) is 0 Å². The molecule has 0 aromatic heterocycles. The maximum atomic E-state index is 14.6. The molecule has 4 aromatic rings. The van der Waals surface area contributed by atoms with Gasteiger partial charge in [0.25, 0.3) is 6.43 Å². The van der Waals surface area contributed by atoms with Crippen LogP contribution >= 0.6 is 47.0 Å². The largest absolute Gasteiger partial charge is 0.444 e. The number of alkyl carbamates (subject to hydrolysis) is 3. The first-order valence-electron chi connectivity index (χ1n) is 32.5. The number of nitrogens with one attached hydrogen (secondary N) is 3. The average molecular weight is 1500 g/mol. The summed E-state index contributed by atoms with van der Waals surface area (Å²) < 4.78 is 100. The van der Waals surface area contributed by atoms with Gasteiger partial charge in [0, 0.05) is 69.0 Å². The van der Waals surface area contributed by atoms with E-state index in [-0.39, 0.29) is 58.6 Å². The van der Waals surface area contributed by atoms with E-state index in [1.807, 2.05) is 48.5 Å². The third-order valence-corrected chi connectivity index (χ3v) is 20.0. The maximum Gasteiger partial charge on any atom is 0.413 e. The SMILES string of the molecule is C/C(=C1\C[C@@](C)(c2cc(C)ccc2F)N=C(NC(=O)OC(C)(C)C)S1)C(F)F.C/C(C=O)=C1\C[C@@](C)(c2cc(C)ccc2F)N=C(NC(=O)OC(C)(C)C)S1.C/C(CO)=C1\C[C@@](C)(c2cc(C)ccc2F)N=C(NC(=O)OC(C)(C)C)S1.C/C(CO)=C1\C[C@@](C)(c2cc(N)ccc2F)N=C(N)S1. The average Bonchev–Trinajstić information content (AvgIpc) is 0.800. The molecule has 0 unspecified atom stereocenters. The molecule has 28 heteroatoms. The molecule has 4 atom stereocenters. The van der Waals surface area contributed by atoms with Crippen LogP contribution in [0.4, 0.5) is 46.4 Å². The number of carbonyl (C=O) groups is 4. The fourth-order valence-corrected chi connectivity index (χ4v) is 15.1. The maximum absolute atomic E-state index is 14.6. The Bertz CT molecular complexity index is 4080. The van der Waals surface area contributed by atoms with Crippen LogP contribution < -0.4 is 27.4 Å². The van der Waals surface area contributed by atoms with E-state index in [0.29, 0.717) is 62.5 Å². The highest BCUT2D eigenvalue weighted by molar-refractivity contribution is 8.18. The monoisotopic (exact) mass is 1500 g/mol. The van der Waals surface area contributed by atoms with Gasteiger partial charge in [-0.15, -0.1) is 0 Å². The van der Waals surface area contributed by atoms with Crippen LogP contribution in [0.5, 0.6) is 0 Å². The number of hydrogen-bond donors (Lipinski definition) is 7. The van der Waals surface area contributed by atoms with Crippen LogP contribution in [-0.2, 0) is 41.2 Å². The smallest absolute Gasteiger partial charge is 0.413 e. The molecular formula is C74H95F6N9O9S4. The van der Waals surface area contributed by atoms with Crippen LogP contribution in [0.1, 0.15) is 182 Å². The van der Waals surface area contributed by atoms with Crippen molar-refractivity contribution in [3.05, 3.63) is 177 Å². The highest BCUT2D eigenvalue weighted by Gasteiger charge is 2.41. The predicted molar refractivity (Wildman–Crippen MR) is 402 cm³/mol. The van der Waals surface area contributed by atoms with Gasteiger partial charge in [-0.1, -0.05) is 100 Å². The van der Waals surface area contributed by atoms with E-state index in [0.717, 1.165) is 60.6 Å². The number of aliphatic imine (C=N–C) groups is 4. The van der Waals surface area contributed by atoms with E-state index in [9.17, 15) is 55.7 Å². The third-order valence-electron chi connectivity index (χ3n) is 15.6. The molecule has 0 saturated carbocycles. The van der Waals surface area contributed by atoms with Crippen LogP contribution in [-0.4, -0.2) is 91.9 Å². The predicted octanol–water partition coefficient (Wildman–Crippen LogP) is 17.7. The lowest BCUT2D eigenvalue weighted by Crippen LogP contribution is -2.38. The van der Waals surface area contributed by atoms with Gasteiger partial charge >= 0.3 is 18.3 Å². The Labute approximate surface area is 611 Å². The number of aryl methyl sites for hydroxylation is 3. The zero-order chi connectivity index (χ0) is 77.0. The van der Waals surface area contributed by atoms with Crippen molar-refractivity contribution >= 4 is 98.0 Å². The molecule has 8 rings (SSSR count). The molecule has 0 radical (unpaired) electrons. The Morgan fingerprint density at radius 1 is 0.500 bits per heavy atom. The minimum Gasteiger partial charge on any atom is -0.444 e. The van der Waals surface area contributed by atoms with Crippen LogP contribution in [0, 0.1) is 44.0 Å². The molecule has 0 saturated heterocycles. The number of alkyl halides is 2. The summed E-state index contributed by atoms with van der Waals surface area (Å²) in [6.07, 6.45) is -2.53. The molecule has 4 heterocycles. The Kier molecular flexibility index (Phi) is 29.1. The number of carbonyl (C=O) groups excluding carboxylic acids is 4. The summed E-state index contributed by atoms with van der Waals surface area (Å²) in [5, 5.41) is 27.7. The number of benzene rings is 4. The van der Waals surface area contributed by atoms with Gasteiger partial charge in [0.2, 0.25) is 0 Å². The Morgan fingerprint density at radius 2 is 0.794 bits per heavy atom. The Hall–Kier alpha value is -7.50. The first-order valence-corrected chi connectivity index (χ1v) is 35.7. The number of nitrogens with zero attached hydrogens (tertiary/aromatic N) is 4. The van der Waals surface area contributed by atoms with Gasteiger partial charge < -0.3 is 35.9 Å². The summed E-state index contributed by atoms with van der Waals surface area (Å²) >= 11 is 4.71. The van der Waals surface area contributed by atoms with E-state index in [1.165, 1.54) is 72.5 Å². The number of nitrogens with two attached hydrogens (primary N) is 2. The van der Waals surface area contributed by atoms with Crippen LogP contribution in [0.3, 0.4) is 0 Å². The fourth-order valence-electron chi connectivity index (χ4n) is 10.4. The number of aldehydes is 1. The van der Waals surface area contributed by atoms with Crippen molar-refractivity contribution in [1.82, 2.24) is 16.0 Å². The van der Waals surface area contributed by atoms with E-state index in [2.05, 4.69) is 35.9 Å². The zero-order valence-corrected chi connectivity index (χ0v) is 64.7. The second-order valence-electron chi connectivity index (χ2n) is 28.8. The number of aliphatic hydroxyl groups is 2. The second-order valence-corrected chi connectivity index (χ2v) is 33.2. The first-order chi connectivity index (χ1) is 47.0. The normalized spacial score (nSPS) is 22.7. The lowest BCUT2D eigenvalue weighted by molar-refractivity contribution is -0.104. The molecule has 18 nitrogen and oxygen atoms in total. The van der Waals surface area contributed by atoms with E-state index in [1.54, 1.807) is 126 Å². The van der Waals surface area contributed by atoms with E-state index < -0.39 is 69.5 Å². The van der Waals surface area contributed by atoms with Crippen molar-refractivity contribution in [2.45, 2.75) is 210 Å². The van der Waals surface area contributed by atoms with Gasteiger partial charge in [-0.05, 0) is 201 Å². The summed E-state index contributed by atoms with van der Waals surface area (Å²) in [6.45, 7) is 34.9. The standard InChI is InChI=1S/C20H25F3N2O2S.C20H27FN2O3S.C20H25FN2O3S.C14H18FN3OS/c1-11-7-8-14(21)13(9-11)20(6)10-15(12(2)16(22)23)28-17(25-20)24-18(26)27-19(3,4)5;2*1-12-7-8-15(21)14(9-12)20(6)10-16(13(2)11-24)27-17(23-20)22-18(25)26-19(3,4)5;1-8(7-19)12-6-14(2,18-13(17)20-12)10-5-9(16)3-4-11(10)15/h7-9,16H,10H2,1-6H3,(H,24,25,26);7-9,24H,10-11H2,1-6H3,(H,22,23,25);7-9,11H,10H2,1-6H3,(H,22,23,25);3-5,19H,6-7,16H2,1-2H3,(H2,17,18)/b15-12-;2*16-13-;12-8-/t3*20-;14-/m0000/s1. The number of halogens is 6. The summed E-state index contributed by atoms with van der Waals surface area (Å²) in [7, 11) is 0. The highest BCUT2D eigenvalue weighted by atomic mass is 32.2. The number of hydrogen-bond acceptors (Lipinski definition) is 19. The minimum absolute atomic E-state index is 0.0505. The van der Waals surface area contributed by atoms with Crippen molar-refractivity contribution in [3.8, 4) is 0 Å². The van der Waals surface area contributed by atoms with Crippen molar-refractivity contribution in [3.63, 3.8) is 0 Å².